The first kappa shape index (κ1) is 15.9. The standard InChI is InChI=1S/C14H19N3O2S2/c1-2-3-4-7-15-11(18)5-8-17-13(19)12-10(6-9-21-12)16-14(17)20/h6,9H,2-5,7-8H2,1H3,(H,15,18)(H,16,20). The summed E-state index contributed by atoms with van der Waals surface area (Å²) in [5.74, 6) is -0.0429. The van der Waals surface area contributed by atoms with Crippen molar-refractivity contribution in [3.63, 3.8) is 0 Å². The van der Waals surface area contributed by atoms with Crippen molar-refractivity contribution in [2.24, 2.45) is 0 Å². The molecule has 0 atom stereocenters. The number of fused-ring (bicyclic) bond motifs is 1. The number of rotatable bonds is 7. The van der Waals surface area contributed by atoms with Crippen LogP contribution in [0, 0.1) is 4.77 Å². The lowest BCUT2D eigenvalue weighted by Gasteiger charge is -2.07. The summed E-state index contributed by atoms with van der Waals surface area (Å²) in [4.78, 5) is 27.0. The summed E-state index contributed by atoms with van der Waals surface area (Å²) in [5.41, 5.74) is 0.637. The van der Waals surface area contributed by atoms with Crippen molar-refractivity contribution >= 4 is 39.7 Å². The first-order valence-electron chi connectivity index (χ1n) is 7.10. The Morgan fingerprint density at radius 3 is 3.05 bits per heavy atom. The van der Waals surface area contributed by atoms with E-state index in [0.29, 0.717) is 22.6 Å². The Hall–Kier alpha value is -1.47. The summed E-state index contributed by atoms with van der Waals surface area (Å²) in [6, 6.07) is 1.84. The Morgan fingerprint density at radius 2 is 2.29 bits per heavy atom. The van der Waals surface area contributed by atoms with Crippen LogP contribution < -0.4 is 10.9 Å². The molecule has 0 spiro atoms. The predicted octanol–water partition coefficient (Wildman–Crippen LogP) is 2.82. The first-order chi connectivity index (χ1) is 10.1. The molecule has 114 valence electrons. The largest absolute Gasteiger partial charge is 0.356 e. The van der Waals surface area contributed by atoms with E-state index >= 15 is 0 Å². The van der Waals surface area contributed by atoms with Crippen molar-refractivity contribution in [2.75, 3.05) is 6.54 Å². The SMILES string of the molecule is CCCCCNC(=O)CCn1c(=S)[nH]c2ccsc2c1=O. The molecular formula is C14H19N3O2S2. The fourth-order valence-electron chi connectivity index (χ4n) is 2.08. The average Bonchev–Trinajstić information content (AvgIpc) is 2.91. The number of nitrogens with zero attached hydrogens (tertiary/aromatic N) is 1. The molecule has 2 aromatic rings. The fraction of sp³-hybridized carbons (Fsp3) is 0.500. The molecule has 0 fully saturated rings. The van der Waals surface area contributed by atoms with E-state index in [9.17, 15) is 9.59 Å². The van der Waals surface area contributed by atoms with Gasteiger partial charge in [0.2, 0.25) is 5.91 Å². The van der Waals surface area contributed by atoms with Crippen LogP contribution in [-0.4, -0.2) is 22.0 Å². The second-order valence-electron chi connectivity index (χ2n) is 4.86. The maximum atomic E-state index is 12.3. The topological polar surface area (TPSA) is 66.9 Å². The van der Waals surface area contributed by atoms with Gasteiger partial charge < -0.3 is 10.3 Å². The van der Waals surface area contributed by atoms with Gasteiger partial charge in [-0.1, -0.05) is 19.8 Å². The van der Waals surface area contributed by atoms with Gasteiger partial charge in [-0.15, -0.1) is 11.3 Å². The highest BCUT2D eigenvalue weighted by Crippen LogP contribution is 2.13. The van der Waals surface area contributed by atoms with Gasteiger partial charge in [0.1, 0.15) is 4.70 Å². The highest BCUT2D eigenvalue weighted by Gasteiger charge is 2.08. The Kier molecular flexibility index (Phi) is 5.69. The minimum atomic E-state index is -0.123. The van der Waals surface area contributed by atoms with Crippen molar-refractivity contribution in [1.29, 1.82) is 0 Å². The molecule has 2 heterocycles. The fourth-order valence-corrected chi connectivity index (χ4v) is 3.16. The number of hydrogen-bond donors (Lipinski definition) is 2. The molecule has 0 aliphatic heterocycles. The molecule has 0 saturated heterocycles. The van der Waals surface area contributed by atoms with Crippen molar-refractivity contribution in [3.8, 4) is 0 Å². The molecule has 0 radical (unpaired) electrons. The van der Waals surface area contributed by atoms with E-state index in [1.807, 2.05) is 11.4 Å². The van der Waals surface area contributed by atoms with E-state index in [1.165, 1.54) is 15.9 Å². The van der Waals surface area contributed by atoms with Crippen LogP contribution in [0.2, 0.25) is 0 Å². The number of aromatic nitrogens is 2. The van der Waals surface area contributed by atoms with Crippen LogP contribution in [0.3, 0.4) is 0 Å². The predicted molar refractivity (Wildman–Crippen MR) is 88.4 cm³/mol. The lowest BCUT2D eigenvalue weighted by molar-refractivity contribution is -0.121. The van der Waals surface area contributed by atoms with Crippen LogP contribution in [0.5, 0.6) is 0 Å². The van der Waals surface area contributed by atoms with Gasteiger partial charge in [-0.2, -0.15) is 0 Å². The normalized spacial score (nSPS) is 10.9. The molecule has 0 saturated carbocycles. The van der Waals surface area contributed by atoms with Gasteiger partial charge in [0.05, 0.1) is 5.52 Å². The van der Waals surface area contributed by atoms with E-state index < -0.39 is 0 Å². The number of unbranched alkanes of at least 4 members (excludes halogenated alkanes) is 2. The number of carbonyl (C=O) groups excluding carboxylic acids is 1. The molecule has 5 nitrogen and oxygen atoms in total. The number of H-pyrrole nitrogens is 1. The van der Waals surface area contributed by atoms with Crippen LogP contribution in [0.25, 0.3) is 10.2 Å². The Bertz CT molecular complexity index is 730. The zero-order chi connectivity index (χ0) is 15.2. The van der Waals surface area contributed by atoms with Crippen molar-refractivity contribution < 1.29 is 4.79 Å². The maximum Gasteiger partial charge on any atom is 0.272 e. The van der Waals surface area contributed by atoms with Gasteiger partial charge >= 0.3 is 0 Å². The average molecular weight is 325 g/mol. The third kappa shape index (κ3) is 4.01. The zero-order valence-electron chi connectivity index (χ0n) is 12.0. The number of nitrogens with one attached hydrogen (secondary N) is 2. The van der Waals surface area contributed by atoms with Gasteiger partial charge in [0.25, 0.3) is 5.56 Å². The summed E-state index contributed by atoms with van der Waals surface area (Å²) in [6.07, 6.45) is 3.49. The summed E-state index contributed by atoms with van der Waals surface area (Å²) < 4.78 is 2.47. The molecule has 0 bridgehead atoms. The maximum absolute atomic E-state index is 12.3. The highest BCUT2D eigenvalue weighted by atomic mass is 32.1. The first-order valence-corrected chi connectivity index (χ1v) is 8.39. The second kappa shape index (κ2) is 7.51. The molecule has 2 aromatic heterocycles. The lowest BCUT2D eigenvalue weighted by Crippen LogP contribution is -2.28. The summed E-state index contributed by atoms with van der Waals surface area (Å²) in [6.45, 7) is 3.12. The third-order valence-electron chi connectivity index (χ3n) is 3.26. The van der Waals surface area contributed by atoms with E-state index in [-0.39, 0.29) is 17.9 Å². The van der Waals surface area contributed by atoms with Crippen molar-refractivity contribution in [3.05, 3.63) is 26.6 Å². The van der Waals surface area contributed by atoms with Crippen LogP contribution in [0.4, 0.5) is 0 Å². The van der Waals surface area contributed by atoms with Crippen LogP contribution in [0.15, 0.2) is 16.2 Å². The Labute approximate surface area is 132 Å². The minimum absolute atomic E-state index is 0.0429. The van der Waals surface area contributed by atoms with Gasteiger partial charge in [-0.3, -0.25) is 14.2 Å². The quantitative estimate of drug-likeness (QED) is 0.607. The Balaban J connectivity index is 1.99. The minimum Gasteiger partial charge on any atom is -0.356 e. The number of thiophene rings is 1. The summed E-state index contributed by atoms with van der Waals surface area (Å²) >= 11 is 6.57. The lowest BCUT2D eigenvalue weighted by atomic mass is 10.2. The molecule has 0 unspecified atom stereocenters. The molecular weight excluding hydrogens is 306 g/mol. The highest BCUT2D eigenvalue weighted by molar-refractivity contribution is 7.71. The molecule has 21 heavy (non-hydrogen) atoms. The monoisotopic (exact) mass is 325 g/mol. The van der Waals surface area contributed by atoms with E-state index in [1.54, 1.807) is 0 Å². The van der Waals surface area contributed by atoms with Gasteiger partial charge in [-0.25, -0.2) is 0 Å². The molecule has 0 aliphatic rings. The number of amides is 1. The zero-order valence-corrected chi connectivity index (χ0v) is 13.6. The van der Waals surface area contributed by atoms with E-state index in [0.717, 1.165) is 24.8 Å². The van der Waals surface area contributed by atoms with Gasteiger partial charge in [0.15, 0.2) is 4.77 Å². The van der Waals surface area contributed by atoms with Crippen molar-refractivity contribution in [2.45, 2.75) is 39.2 Å². The number of carbonyl (C=O) groups is 1. The van der Waals surface area contributed by atoms with Crippen LogP contribution >= 0.6 is 23.6 Å². The van der Waals surface area contributed by atoms with Crippen molar-refractivity contribution in [1.82, 2.24) is 14.9 Å². The Morgan fingerprint density at radius 1 is 1.48 bits per heavy atom. The third-order valence-corrected chi connectivity index (χ3v) is 4.48. The summed E-state index contributed by atoms with van der Waals surface area (Å²) in [5, 5.41) is 4.71. The molecule has 0 aliphatic carbocycles. The number of hydrogen-bond acceptors (Lipinski definition) is 4. The van der Waals surface area contributed by atoms with E-state index in [2.05, 4.69) is 17.2 Å². The smallest absolute Gasteiger partial charge is 0.272 e. The second-order valence-corrected chi connectivity index (χ2v) is 6.16. The van der Waals surface area contributed by atoms with Gasteiger partial charge in [0, 0.05) is 19.5 Å². The molecule has 0 aromatic carbocycles. The molecule has 2 N–H and O–H groups in total. The number of aromatic amines is 1. The molecule has 2 rings (SSSR count). The van der Waals surface area contributed by atoms with E-state index in [4.69, 9.17) is 12.2 Å². The molecule has 1 amide bonds. The molecule has 7 heteroatoms. The van der Waals surface area contributed by atoms with Crippen LogP contribution in [-0.2, 0) is 11.3 Å². The van der Waals surface area contributed by atoms with Gasteiger partial charge in [-0.05, 0) is 30.1 Å². The van der Waals surface area contributed by atoms with Crippen LogP contribution in [0.1, 0.15) is 32.6 Å². The summed E-state index contributed by atoms with van der Waals surface area (Å²) in [7, 11) is 0.